The number of carbonyl (C=O) groups excluding carboxylic acids is 1. The van der Waals surface area contributed by atoms with Crippen LogP contribution >= 0.6 is 0 Å². The van der Waals surface area contributed by atoms with Gasteiger partial charge in [0.15, 0.2) is 5.82 Å². The molecule has 14 heavy (non-hydrogen) atoms. The first-order chi connectivity index (χ1) is 6.75. The summed E-state index contributed by atoms with van der Waals surface area (Å²) >= 11 is 0. The smallest absolute Gasteiger partial charge is 0.231 e. The van der Waals surface area contributed by atoms with E-state index in [0.717, 1.165) is 6.42 Å². The van der Waals surface area contributed by atoms with E-state index in [-0.39, 0.29) is 11.8 Å². The molecule has 0 radical (unpaired) electrons. The maximum Gasteiger partial charge on any atom is 0.231 e. The van der Waals surface area contributed by atoms with Crippen LogP contribution in [0.25, 0.3) is 0 Å². The highest BCUT2D eigenvalue weighted by molar-refractivity contribution is 5.91. The van der Waals surface area contributed by atoms with Crippen LogP contribution in [-0.4, -0.2) is 34.1 Å². The molecule has 2 heterocycles. The van der Waals surface area contributed by atoms with E-state index in [9.17, 15) is 4.79 Å². The fraction of sp³-hybridized carbons (Fsp3) is 0.625. The zero-order valence-electron chi connectivity index (χ0n) is 7.93. The summed E-state index contributed by atoms with van der Waals surface area (Å²) in [6.45, 7) is 1.17. The van der Waals surface area contributed by atoms with Crippen molar-refractivity contribution in [2.75, 3.05) is 18.5 Å². The van der Waals surface area contributed by atoms with Gasteiger partial charge in [0.05, 0.1) is 18.7 Å². The van der Waals surface area contributed by atoms with Crippen LogP contribution in [0, 0.1) is 5.92 Å². The molecule has 0 aromatic carbocycles. The van der Waals surface area contributed by atoms with E-state index in [4.69, 9.17) is 4.74 Å². The van der Waals surface area contributed by atoms with Crippen LogP contribution < -0.4 is 5.32 Å². The van der Waals surface area contributed by atoms with Gasteiger partial charge in [0.25, 0.3) is 0 Å². The van der Waals surface area contributed by atoms with E-state index in [1.54, 1.807) is 17.9 Å². The number of hydrogen-bond acceptors (Lipinski definition) is 4. The van der Waals surface area contributed by atoms with Gasteiger partial charge in [0.1, 0.15) is 0 Å². The van der Waals surface area contributed by atoms with Gasteiger partial charge in [0.2, 0.25) is 5.91 Å². The molecule has 1 aromatic heterocycles. The Balaban J connectivity index is 1.93. The first-order valence-corrected chi connectivity index (χ1v) is 4.50. The normalized spacial score (nSPS) is 21.1. The van der Waals surface area contributed by atoms with E-state index < -0.39 is 0 Å². The third-order valence-electron chi connectivity index (χ3n) is 2.15. The van der Waals surface area contributed by atoms with Crippen LogP contribution in [0.5, 0.6) is 0 Å². The van der Waals surface area contributed by atoms with Gasteiger partial charge in [-0.15, -0.1) is 5.10 Å². The summed E-state index contributed by atoms with van der Waals surface area (Å²) in [5.41, 5.74) is 0. The summed E-state index contributed by atoms with van der Waals surface area (Å²) in [6.07, 6.45) is 2.44. The summed E-state index contributed by atoms with van der Waals surface area (Å²) in [7, 11) is 1.75. The summed E-state index contributed by atoms with van der Waals surface area (Å²) < 4.78 is 6.66. The number of nitrogens with one attached hydrogen (secondary N) is 1. The Morgan fingerprint density at radius 3 is 3.21 bits per heavy atom. The second-order valence-electron chi connectivity index (χ2n) is 3.33. The van der Waals surface area contributed by atoms with E-state index in [2.05, 4.69) is 15.6 Å². The second kappa shape index (κ2) is 3.75. The Morgan fingerprint density at radius 1 is 1.79 bits per heavy atom. The molecule has 0 spiro atoms. The highest BCUT2D eigenvalue weighted by Crippen LogP contribution is 2.14. The van der Waals surface area contributed by atoms with Crippen LogP contribution in [-0.2, 0) is 16.6 Å². The summed E-state index contributed by atoms with van der Waals surface area (Å²) in [5, 5.41) is 10.2. The molecule has 1 amide bonds. The van der Waals surface area contributed by atoms with E-state index >= 15 is 0 Å². The average molecular weight is 196 g/mol. The van der Waals surface area contributed by atoms with Gasteiger partial charge in [-0.1, -0.05) is 5.21 Å². The molecule has 2 rings (SSSR count). The fourth-order valence-corrected chi connectivity index (χ4v) is 1.37. The number of ether oxygens (including phenoxy) is 1. The zero-order valence-corrected chi connectivity index (χ0v) is 7.93. The molecule has 6 heteroatoms. The zero-order chi connectivity index (χ0) is 9.97. The summed E-state index contributed by atoms with van der Waals surface area (Å²) in [4.78, 5) is 11.6. The maximum atomic E-state index is 11.6. The molecule has 1 N–H and O–H groups in total. The van der Waals surface area contributed by atoms with Crippen LogP contribution in [0.3, 0.4) is 0 Å². The van der Waals surface area contributed by atoms with Crippen molar-refractivity contribution in [3.8, 4) is 0 Å². The predicted octanol–water partition coefficient (Wildman–Crippen LogP) is -0.210. The second-order valence-corrected chi connectivity index (χ2v) is 3.33. The number of nitrogens with zero attached hydrogens (tertiary/aromatic N) is 3. The Labute approximate surface area is 81.2 Å². The van der Waals surface area contributed by atoms with Crippen LogP contribution in [0.4, 0.5) is 5.82 Å². The van der Waals surface area contributed by atoms with Gasteiger partial charge in [0, 0.05) is 13.7 Å². The monoisotopic (exact) mass is 196 g/mol. The Hall–Kier alpha value is -1.43. The van der Waals surface area contributed by atoms with Crippen molar-refractivity contribution in [2.24, 2.45) is 13.0 Å². The first kappa shape index (κ1) is 9.14. The van der Waals surface area contributed by atoms with E-state index in [1.165, 1.54) is 0 Å². The molecule has 1 fully saturated rings. The Kier molecular flexibility index (Phi) is 2.45. The van der Waals surface area contributed by atoms with E-state index in [0.29, 0.717) is 19.0 Å². The maximum absolute atomic E-state index is 11.6. The quantitative estimate of drug-likeness (QED) is 0.710. The number of rotatable bonds is 2. The first-order valence-electron chi connectivity index (χ1n) is 4.50. The van der Waals surface area contributed by atoms with Crippen molar-refractivity contribution >= 4 is 11.7 Å². The van der Waals surface area contributed by atoms with Gasteiger partial charge in [-0.05, 0) is 6.42 Å². The molecule has 1 unspecified atom stereocenters. The predicted molar refractivity (Wildman–Crippen MR) is 48.6 cm³/mol. The van der Waals surface area contributed by atoms with Gasteiger partial charge in [-0.2, -0.15) is 0 Å². The lowest BCUT2D eigenvalue weighted by molar-refractivity contribution is -0.119. The number of aromatic nitrogens is 3. The molecule has 1 atom stereocenters. The Bertz CT molecular complexity index is 330. The average Bonchev–Trinajstić information content (AvgIpc) is 2.75. The standard InChI is InChI=1S/C8H12N4O2/c1-12-4-7(10-11-12)9-8(13)6-2-3-14-5-6/h4,6H,2-3,5H2,1H3,(H,9,13). The van der Waals surface area contributed by atoms with Crippen LogP contribution in [0.1, 0.15) is 6.42 Å². The van der Waals surface area contributed by atoms with Crippen molar-refractivity contribution in [1.82, 2.24) is 15.0 Å². The SMILES string of the molecule is Cn1cc(NC(=O)C2CCOC2)nn1. The highest BCUT2D eigenvalue weighted by atomic mass is 16.5. The number of anilines is 1. The van der Waals surface area contributed by atoms with Gasteiger partial charge in [-0.3, -0.25) is 9.48 Å². The lowest BCUT2D eigenvalue weighted by atomic mass is 10.1. The minimum Gasteiger partial charge on any atom is -0.381 e. The largest absolute Gasteiger partial charge is 0.381 e. The van der Waals surface area contributed by atoms with Crippen molar-refractivity contribution in [3.05, 3.63) is 6.20 Å². The van der Waals surface area contributed by atoms with Crippen LogP contribution in [0.15, 0.2) is 6.20 Å². The van der Waals surface area contributed by atoms with Gasteiger partial charge in [-0.25, -0.2) is 0 Å². The summed E-state index contributed by atoms with van der Waals surface area (Å²) in [6, 6.07) is 0. The molecule has 1 aliphatic heterocycles. The number of amides is 1. The van der Waals surface area contributed by atoms with Gasteiger partial charge < -0.3 is 10.1 Å². The molecule has 1 aliphatic rings. The highest BCUT2D eigenvalue weighted by Gasteiger charge is 2.23. The molecular formula is C8H12N4O2. The fourth-order valence-electron chi connectivity index (χ4n) is 1.37. The van der Waals surface area contributed by atoms with E-state index in [1.807, 2.05) is 0 Å². The Morgan fingerprint density at radius 2 is 2.64 bits per heavy atom. The molecule has 6 nitrogen and oxygen atoms in total. The third kappa shape index (κ3) is 1.90. The lowest BCUT2D eigenvalue weighted by Crippen LogP contribution is -2.22. The minimum atomic E-state index is -0.0444. The lowest BCUT2D eigenvalue weighted by Gasteiger charge is -2.05. The molecule has 0 aliphatic carbocycles. The number of aryl methyl sites for hydroxylation is 1. The van der Waals surface area contributed by atoms with Crippen molar-refractivity contribution in [1.29, 1.82) is 0 Å². The summed E-state index contributed by atoms with van der Waals surface area (Å²) in [5.74, 6) is 0.407. The topological polar surface area (TPSA) is 69.0 Å². The minimum absolute atomic E-state index is 0.0389. The van der Waals surface area contributed by atoms with Crippen molar-refractivity contribution < 1.29 is 9.53 Å². The number of carbonyl (C=O) groups is 1. The number of hydrogen-bond donors (Lipinski definition) is 1. The molecular weight excluding hydrogens is 184 g/mol. The van der Waals surface area contributed by atoms with Crippen molar-refractivity contribution in [3.63, 3.8) is 0 Å². The van der Waals surface area contributed by atoms with Crippen LogP contribution in [0.2, 0.25) is 0 Å². The molecule has 1 aromatic rings. The van der Waals surface area contributed by atoms with Gasteiger partial charge >= 0.3 is 0 Å². The van der Waals surface area contributed by atoms with Crippen molar-refractivity contribution in [2.45, 2.75) is 6.42 Å². The molecule has 0 saturated carbocycles. The molecule has 1 saturated heterocycles. The third-order valence-corrected chi connectivity index (χ3v) is 2.15. The molecule has 0 bridgehead atoms. The molecule has 76 valence electrons.